The molecule has 24 heavy (non-hydrogen) atoms. The highest BCUT2D eigenvalue weighted by Gasteiger charge is 2.26. The van der Waals surface area contributed by atoms with Gasteiger partial charge in [-0.2, -0.15) is 0 Å². The van der Waals surface area contributed by atoms with Gasteiger partial charge in [0, 0.05) is 50.0 Å². The van der Waals surface area contributed by atoms with Crippen molar-refractivity contribution in [3.05, 3.63) is 17.6 Å². The van der Waals surface area contributed by atoms with Crippen LogP contribution in [-0.4, -0.2) is 60.8 Å². The van der Waals surface area contributed by atoms with E-state index < -0.39 is 0 Å². The summed E-state index contributed by atoms with van der Waals surface area (Å²) in [6, 6.07) is 2.82. The molecule has 0 amide bonds. The summed E-state index contributed by atoms with van der Waals surface area (Å²) in [5.41, 5.74) is 1.07. The molecular formula is C19H32N4O. The highest BCUT2D eigenvalue weighted by molar-refractivity contribution is 5.40. The molecule has 1 atom stereocenters. The zero-order valence-electron chi connectivity index (χ0n) is 15.7. The van der Waals surface area contributed by atoms with Crippen LogP contribution in [0.4, 0.5) is 5.82 Å². The van der Waals surface area contributed by atoms with Gasteiger partial charge in [-0.25, -0.2) is 9.97 Å². The van der Waals surface area contributed by atoms with Crippen molar-refractivity contribution in [2.24, 2.45) is 5.92 Å². The summed E-state index contributed by atoms with van der Waals surface area (Å²) in [6.45, 7) is 11.6. The average Bonchev–Trinajstić information content (AvgIpc) is 3.07. The second-order valence-corrected chi connectivity index (χ2v) is 7.77. The zero-order valence-corrected chi connectivity index (χ0v) is 15.7. The van der Waals surface area contributed by atoms with Gasteiger partial charge in [-0.1, -0.05) is 13.8 Å². The van der Waals surface area contributed by atoms with Crippen LogP contribution in [0.1, 0.15) is 50.5 Å². The molecule has 0 unspecified atom stereocenters. The van der Waals surface area contributed by atoms with E-state index in [9.17, 15) is 0 Å². The molecule has 0 radical (unpaired) electrons. The molecule has 2 aliphatic rings. The van der Waals surface area contributed by atoms with Crippen LogP contribution >= 0.6 is 0 Å². The lowest BCUT2D eigenvalue weighted by atomic mass is 10.0. The molecule has 134 valence electrons. The topological polar surface area (TPSA) is 41.5 Å². The highest BCUT2D eigenvalue weighted by Crippen LogP contribution is 2.24. The Hall–Kier alpha value is -1.20. The molecule has 0 N–H and O–H groups in total. The van der Waals surface area contributed by atoms with Gasteiger partial charge >= 0.3 is 0 Å². The lowest BCUT2D eigenvalue weighted by molar-refractivity contribution is 0.150. The number of aromatic nitrogens is 2. The summed E-state index contributed by atoms with van der Waals surface area (Å²) in [5.74, 6) is 3.18. The van der Waals surface area contributed by atoms with Crippen LogP contribution in [-0.2, 0) is 4.74 Å². The fourth-order valence-corrected chi connectivity index (χ4v) is 3.81. The first-order valence-corrected chi connectivity index (χ1v) is 9.41. The Morgan fingerprint density at radius 3 is 2.62 bits per heavy atom. The molecule has 0 aromatic carbocycles. The van der Waals surface area contributed by atoms with E-state index >= 15 is 0 Å². The van der Waals surface area contributed by atoms with Crippen LogP contribution in [0.15, 0.2) is 6.07 Å². The number of aryl methyl sites for hydroxylation is 1. The summed E-state index contributed by atoms with van der Waals surface area (Å²) in [7, 11) is 2.28. The Morgan fingerprint density at radius 2 is 2.00 bits per heavy atom. The zero-order chi connectivity index (χ0) is 17.1. The van der Waals surface area contributed by atoms with Crippen molar-refractivity contribution in [2.45, 2.75) is 52.0 Å². The fraction of sp³-hybridized carbons (Fsp3) is 0.789. The monoisotopic (exact) mass is 332 g/mol. The molecule has 2 aliphatic heterocycles. The number of hydrogen-bond donors (Lipinski definition) is 0. The number of rotatable bonds is 5. The van der Waals surface area contributed by atoms with Gasteiger partial charge in [0.25, 0.3) is 0 Å². The number of piperidine rings is 1. The normalized spacial score (nSPS) is 22.8. The molecule has 2 fully saturated rings. The van der Waals surface area contributed by atoms with Crippen LogP contribution in [0.3, 0.4) is 0 Å². The second-order valence-electron chi connectivity index (χ2n) is 7.77. The van der Waals surface area contributed by atoms with Crippen LogP contribution < -0.4 is 4.90 Å². The lowest BCUT2D eigenvalue weighted by Crippen LogP contribution is -2.45. The van der Waals surface area contributed by atoms with Crippen molar-refractivity contribution < 1.29 is 4.74 Å². The van der Waals surface area contributed by atoms with Crippen molar-refractivity contribution in [1.29, 1.82) is 0 Å². The summed E-state index contributed by atoms with van der Waals surface area (Å²) < 4.78 is 5.51. The van der Waals surface area contributed by atoms with Gasteiger partial charge in [0.1, 0.15) is 11.6 Å². The quantitative estimate of drug-likeness (QED) is 0.829. The fourth-order valence-electron chi connectivity index (χ4n) is 3.81. The Bertz CT molecular complexity index is 534. The molecule has 2 saturated heterocycles. The van der Waals surface area contributed by atoms with Crippen molar-refractivity contribution >= 4 is 5.82 Å². The third-order valence-corrected chi connectivity index (χ3v) is 5.36. The first-order valence-electron chi connectivity index (χ1n) is 9.41. The molecule has 3 heterocycles. The third kappa shape index (κ3) is 4.25. The lowest BCUT2D eigenvalue weighted by Gasteiger charge is -2.38. The first kappa shape index (κ1) is 17.6. The average molecular weight is 332 g/mol. The molecular weight excluding hydrogens is 300 g/mol. The van der Waals surface area contributed by atoms with Crippen LogP contribution in [0, 0.1) is 12.8 Å². The predicted octanol–water partition coefficient (Wildman–Crippen LogP) is 2.85. The Morgan fingerprint density at radius 1 is 1.25 bits per heavy atom. The van der Waals surface area contributed by atoms with E-state index in [1.54, 1.807) is 0 Å². The van der Waals surface area contributed by atoms with Gasteiger partial charge in [-0.05, 0) is 39.2 Å². The number of nitrogens with zero attached hydrogens (tertiary/aromatic N) is 4. The Balaban J connectivity index is 1.56. The van der Waals surface area contributed by atoms with Crippen LogP contribution in [0.2, 0.25) is 0 Å². The van der Waals surface area contributed by atoms with E-state index in [0.29, 0.717) is 12.0 Å². The Labute approximate surface area is 146 Å². The minimum Gasteiger partial charge on any atom is -0.381 e. The van der Waals surface area contributed by atoms with E-state index in [1.165, 1.54) is 25.8 Å². The minimum atomic E-state index is 0.376. The molecule has 0 aliphatic carbocycles. The highest BCUT2D eigenvalue weighted by atomic mass is 16.5. The SMILES string of the molecule is Cc1cc(N2CCC(N(C)C[C@H]3CCOC3)CC2)nc(C(C)C)n1. The molecule has 3 rings (SSSR count). The number of anilines is 1. The van der Waals surface area contributed by atoms with Gasteiger partial charge in [0.15, 0.2) is 0 Å². The van der Waals surface area contributed by atoms with E-state index in [2.05, 4.69) is 48.7 Å². The van der Waals surface area contributed by atoms with E-state index in [-0.39, 0.29) is 0 Å². The van der Waals surface area contributed by atoms with Gasteiger partial charge < -0.3 is 14.5 Å². The van der Waals surface area contributed by atoms with E-state index in [4.69, 9.17) is 9.72 Å². The van der Waals surface area contributed by atoms with Gasteiger partial charge in [0.2, 0.25) is 0 Å². The smallest absolute Gasteiger partial charge is 0.133 e. The number of ether oxygens (including phenoxy) is 1. The minimum absolute atomic E-state index is 0.376. The van der Waals surface area contributed by atoms with Crippen molar-refractivity contribution in [3.8, 4) is 0 Å². The summed E-state index contributed by atoms with van der Waals surface area (Å²) in [5, 5.41) is 0. The summed E-state index contributed by atoms with van der Waals surface area (Å²) in [6.07, 6.45) is 3.65. The van der Waals surface area contributed by atoms with Crippen molar-refractivity contribution in [1.82, 2.24) is 14.9 Å². The molecule has 1 aromatic heterocycles. The molecule has 5 heteroatoms. The summed E-state index contributed by atoms with van der Waals surface area (Å²) >= 11 is 0. The predicted molar refractivity (Wildman–Crippen MR) is 97.6 cm³/mol. The first-order chi connectivity index (χ1) is 11.5. The largest absolute Gasteiger partial charge is 0.381 e. The van der Waals surface area contributed by atoms with E-state index in [0.717, 1.165) is 49.6 Å². The van der Waals surface area contributed by atoms with Crippen LogP contribution in [0.5, 0.6) is 0 Å². The second kappa shape index (κ2) is 7.79. The Kier molecular flexibility index (Phi) is 5.72. The van der Waals surface area contributed by atoms with Crippen molar-refractivity contribution in [3.63, 3.8) is 0 Å². The standard InChI is InChI=1S/C19H32N4O/c1-14(2)19-20-15(3)11-18(21-19)23-8-5-17(6-9-23)22(4)12-16-7-10-24-13-16/h11,14,16-17H,5-10,12-13H2,1-4H3/t16-/m1/s1. The molecule has 0 spiro atoms. The maximum absolute atomic E-state index is 5.51. The van der Waals surface area contributed by atoms with Crippen LogP contribution in [0.25, 0.3) is 0 Å². The molecule has 0 saturated carbocycles. The third-order valence-electron chi connectivity index (χ3n) is 5.36. The molecule has 1 aromatic rings. The maximum atomic E-state index is 5.51. The molecule has 5 nitrogen and oxygen atoms in total. The maximum Gasteiger partial charge on any atom is 0.133 e. The van der Waals surface area contributed by atoms with Gasteiger partial charge in [-0.15, -0.1) is 0 Å². The van der Waals surface area contributed by atoms with Gasteiger partial charge in [-0.3, -0.25) is 0 Å². The van der Waals surface area contributed by atoms with Gasteiger partial charge in [0.05, 0.1) is 6.61 Å². The summed E-state index contributed by atoms with van der Waals surface area (Å²) in [4.78, 5) is 14.4. The number of hydrogen-bond acceptors (Lipinski definition) is 5. The molecule has 0 bridgehead atoms. The van der Waals surface area contributed by atoms with E-state index in [1.807, 2.05) is 0 Å². The van der Waals surface area contributed by atoms with Crippen molar-refractivity contribution in [2.75, 3.05) is 44.8 Å².